The van der Waals surface area contributed by atoms with Crippen LogP contribution >= 0.6 is 11.6 Å². The Labute approximate surface area is 97.7 Å². The Balaban J connectivity index is 2.65. The number of nitriles is 1. The fourth-order valence-corrected chi connectivity index (χ4v) is 1.72. The highest BCUT2D eigenvalue weighted by molar-refractivity contribution is 6.33. The smallest absolute Gasteiger partial charge is 0.131 e. The van der Waals surface area contributed by atoms with E-state index in [4.69, 9.17) is 16.9 Å². The van der Waals surface area contributed by atoms with E-state index in [9.17, 15) is 4.39 Å². The largest absolute Gasteiger partial charge is 0.206 e. The molecule has 16 heavy (non-hydrogen) atoms. The molecule has 2 aromatic rings. The van der Waals surface area contributed by atoms with Crippen molar-refractivity contribution in [3.8, 4) is 17.2 Å². The molecule has 2 aromatic carbocycles. The first-order valence-corrected chi connectivity index (χ1v) is 5.04. The molecule has 0 bridgehead atoms. The van der Waals surface area contributed by atoms with Gasteiger partial charge in [-0.25, -0.2) is 4.39 Å². The van der Waals surface area contributed by atoms with Gasteiger partial charge in [0, 0.05) is 16.1 Å². The molecule has 0 fully saturated rings. The maximum absolute atomic E-state index is 13.6. The lowest BCUT2D eigenvalue weighted by atomic mass is 10.0. The van der Waals surface area contributed by atoms with Gasteiger partial charge in [-0.2, -0.15) is 5.26 Å². The molecule has 3 heteroatoms. The molecular formula is C13H7ClFN. The van der Waals surface area contributed by atoms with Crippen LogP contribution in [0, 0.1) is 17.1 Å². The van der Waals surface area contributed by atoms with E-state index >= 15 is 0 Å². The number of hydrogen-bond acceptors (Lipinski definition) is 1. The van der Waals surface area contributed by atoms with Gasteiger partial charge in [-0.15, -0.1) is 0 Å². The number of halogens is 2. The zero-order valence-electron chi connectivity index (χ0n) is 8.24. The Morgan fingerprint density at radius 3 is 2.50 bits per heavy atom. The molecule has 0 amide bonds. The van der Waals surface area contributed by atoms with Crippen molar-refractivity contribution in [1.29, 1.82) is 5.26 Å². The van der Waals surface area contributed by atoms with Crippen LogP contribution in [0.4, 0.5) is 4.39 Å². The van der Waals surface area contributed by atoms with Gasteiger partial charge in [0.2, 0.25) is 0 Å². The fourth-order valence-electron chi connectivity index (χ4n) is 1.48. The molecule has 0 aromatic heterocycles. The van der Waals surface area contributed by atoms with Crippen molar-refractivity contribution in [3.63, 3.8) is 0 Å². The first-order valence-electron chi connectivity index (χ1n) is 4.67. The highest BCUT2D eigenvalue weighted by Gasteiger charge is 2.08. The third-order valence-corrected chi connectivity index (χ3v) is 2.59. The molecule has 0 aliphatic heterocycles. The quantitative estimate of drug-likeness (QED) is 0.727. The zero-order chi connectivity index (χ0) is 11.5. The molecule has 78 valence electrons. The van der Waals surface area contributed by atoms with Crippen LogP contribution in [-0.4, -0.2) is 0 Å². The van der Waals surface area contributed by atoms with E-state index in [0.29, 0.717) is 21.7 Å². The summed E-state index contributed by atoms with van der Waals surface area (Å²) in [6.45, 7) is 0. The van der Waals surface area contributed by atoms with Crippen LogP contribution < -0.4 is 0 Å². The molecule has 1 nitrogen and oxygen atoms in total. The molecule has 0 aliphatic rings. The maximum atomic E-state index is 13.6. The maximum Gasteiger partial charge on any atom is 0.131 e. The zero-order valence-corrected chi connectivity index (χ0v) is 9.00. The van der Waals surface area contributed by atoms with Crippen LogP contribution in [0.3, 0.4) is 0 Å². The summed E-state index contributed by atoms with van der Waals surface area (Å²) in [6, 6.07) is 13.2. The minimum Gasteiger partial charge on any atom is -0.206 e. The van der Waals surface area contributed by atoms with E-state index < -0.39 is 0 Å². The summed E-state index contributed by atoms with van der Waals surface area (Å²) in [4.78, 5) is 0. The van der Waals surface area contributed by atoms with Gasteiger partial charge in [-0.1, -0.05) is 29.8 Å². The molecule has 0 aliphatic carbocycles. The lowest BCUT2D eigenvalue weighted by Gasteiger charge is -2.05. The van der Waals surface area contributed by atoms with Crippen LogP contribution in [0.15, 0.2) is 42.5 Å². The van der Waals surface area contributed by atoms with Crippen molar-refractivity contribution in [2.24, 2.45) is 0 Å². The van der Waals surface area contributed by atoms with Crippen LogP contribution in [0.5, 0.6) is 0 Å². The fraction of sp³-hybridized carbons (Fsp3) is 0. The minimum atomic E-state index is -0.382. The summed E-state index contributed by atoms with van der Waals surface area (Å²) >= 11 is 5.98. The number of nitrogens with zero attached hydrogens (tertiary/aromatic N) is 1. The first kappa shape index (κ1) is 10.7. The van der Waals surface area contributed by atoms with Gasteiger partial charge in [-0.3, -0.25) is 0 Å². The summed E-state index contributed by atoms with van der Waals surface area (Å²) in [5.74, 6) is -0.382. The Morgan fingerprint density at radius 2 is 1.81 bits per heavy atom. The third-order valence-electron chi connectivity index (χ3n) is 2.26. The van der Waals surface area contributed by atoms with Gasteiger partial charge >= 0.3 is 0 Å². The summed E-state index contributed by atoms with van der Waals surface area (Å²) in [5.41, 5.74) is 1.36. The molecule has 0 spiro atoms. The van der Waals surface area contributed by atoms with Crippen molar-refractivity contribution in [2.75, 3.05) is 0 Å². The summed E-state index contributed by atoms with van der Waals surface area (Å²) < 4.78 is 13.6. The second-order valence-electron chi connectivity index (χ2n) is 3.29. The monoisotopic (exact) mass is 231 g/mol. The summed E-state index contributed by atoms with van der Waals surface area (Å²) in [6.07, 6.45) is 0. The molecule has 0 N–H and O–H groups in total. The molecule has 0 unspecified atom stereocenters. The number of rotatable bonds is 1. The summed E-state index contributed by atoms with van der Waals surface area (Å²) in [7, 11) is 0. The molecule has 2 rings (SSSR count). The minimum absolute atomic E-state index is 0.352. The van der Waals surface area contributed by atoms with E-state index in [1.54, 1.807) is 24.3 Å². The lowest BCUT2D eigenvalue weighted by molar-refractivity contribution is 0.631. The van der Waals surface area contributed by atoms with E-state index in [1.165, 1.54) is 18.2 Å². The predicted molar refractivity (Wildman–Crippen MR) is 61.6 cm³/mol. The number of benzene rings is 2. The Kier molecular flexibility index (Phi) is 2.89. The van der Waals surface area contributed by atoms with E-state index in [-0.39, 0.29) is 5.82 Å². The van der Waals surface area contributed by atoms with E-state index in [2.05, 4.69) is 0 Å². The van der Waals surface area contributed by atoms with Crippen LogP contribution in [0.2, 0.25) is 5.02 Å². The van der Waals surface area contributed by atoms with Gasteiger partial charge in [0.05, 0.1) is 11.6 Å². The second kappa shape index (κ2) is 4.34. The van der Waals surface area contributed by atoms with Crippen molar-refractivity contribution >= 4 is 11.6 Å². The SMILES string of the molecule is N#Cc1ccc(F)c(-c2ccccc2Cl)c1. The Bertz CT molecular complexity index is 572. The first-order chi connectivity index (χ1) is 7.72. The van der Waals surface area contributed by atoms with Gasteiger partial charge in [-0.05, 0) is 24.3 Å². The highest BCUT2D eigenvalue weighted by Crippen LogP contribution is 2.30. The average Bonchev–Trinajstić information content (AvgIpc) is 2.31. The number of hydrogen-bond donors (Lipinski definition) is 0. The van der Waals surface area contributed by atoms with Crippen LogP contribution in [0.25, 0.3) is 11.1 Å². The third kappa shape index (κ3) is 1.91. The standard InChI is InChI=1S/C13H7ClFN/c14-12-4-2-1-3-10(12)11-7-9(8-16)5-6-13(11)15/h1-7H. The van der Waals surface area contributed by atoms with Gasteiger partial charge < -0.3 is 0 Å². The molecular weight excluding hydrogens is 225 g/mol. The molecule has 0 heterocycles. The molecule has 0 saturated carbocycles. The predicted octanol–water partition coefficient (Wildman–Crippen LogP) is 4.02. The Morgan fingerprint density at radius 1 is 1.06 bits per heavy atom. The van der Waals surface area contributed by atoms with Gasteiger partial charge in [0.1, 0.15) is 5.82 Å². The van der Waals surface area contributed by atoms with E-state index in [0.717, 1.165) is 0 Å². The second-order valence-corrected chi connectivity index (χ2v) is 3.69. The van der Waals surface area contributed by atoms with Crippen molar-refractivity contribution in [3.05, 3.63) is 58.9 Å². The normalized spacial score (nSPS) is 9.81. The van der Waals surface area contributed by atoms with Crippen LogP contribution in [0.1, 0.15) is 5.56 Å². The van der Waals surface area contributed by atoms with Crippen molar-refractivity contribution in [2.45, 2.75) is 0 Å². The Hall–Kier alpha value is -1.85. The highest BCUT2D eigenvalue weighted by atomic mass is 35.5. The lowest BCUT2D eigenvalue weighted by Crippen LogP contribution is -1.87. The van der Waals surface area contributed by atoms with Crippen molar-refractivity contribution in [1.82, 2.24) is 0 Å². The molecule has 0 radical (unpaired) electrons. The van der Waals surface area contributed by atoms with Gasteiger partial charge in [0.15, 0.2) is 0 Å². The summed E-state index contributed by atoms with van der Waals surface area (Å²) in [5, 5.41) is 9.23. The molecule has 0 atom stereocenters. The van der Waals surface area contributed by atoms with Crippen molar-refractivity contribution < 1.29 is 4.39 Å². The molecule has 0 saturated heterocycles. The van der Waals surface area contributed by atoms with E-state index in [1.807, 2.05) is 6.07 Å². The van der Waals surface area contributed by atoms with Gasteiger partial charge in [0.25, 0.3) is 0 Å². The average molecular weight is 232 g/mol. The topological polar surface area (TPSA) is 23.8 Å². The van der Waals surface area contributed by atoms with Crippen LogP contribution in [-0.2, 0) is 0 Å².